The Morgan fingerprint density at radius 3 is 2.53 bits per heavy atom. The maximum absolute atomic E-state index is 13.9. The van der Waals surface area contributed by atoms with Crippen LogP contribution in [-0.4, -0.2) is 24.3 Å². The van der Waals surface area contributed by atoms with Gasteiger partial charge in [0.25, 0.3) is 5.56 Å². The van der Waals surface area contributed by atoms with Crippen LogP contribution >= 0.6 is 11.3 Å². The zero-order chi connectivity index (χ0) is 29.9. The number of nitrogens with zero attached hydrogens (tertiary/aromatic N) is 2. The Morgan fingerprint density at radius 2 is 1.74 bits per heavy atom. The fourth-order valence-electron chi connectivity index (χ4n) is 5.36. The van der Waals surface area contributed by atoms with Crippen LogP contribution in [0.3, 0.4) is 0 Å². The largest absolute Gasteiger partial charge is 0.493 e. The molecule has 0 amide bonds. The van der Waals surface area contributed by atoms with Crippen LogP contribution in [-0.2, 0) is 16.1 Å². The van der Waals surface area contributed by atoms with Gasteiger partial charge in [0.2, 0.25) is 0 Å². The number of methoxy groups -OCH3 is 1. The summed E-state index contributed by atoms with van der Waals surface area (Å²) in [5, 5.41) is 2.30. The van der Waals surface area contributed by atoms with Crippen molar-refractivity contribution in [3.63, 3.8) is 0 Å². The highest BCUT2D eigenvalue weighted by Gasteiger charge is 2.33. The smallest absolute Gasteiger partial charge is 0.338 e. The number of aromatic nitrogens is 1. The Labute approximate surface area is 252 Å². The van der Waals surface area contributed by atoms with Crippen LogP contribution in [0.1, 0.15) is 36.6 Å². The lowest BCUT2D eigenvalue weighted by molar-refractivity contribution is -0.139. The molecular weight excluding hydrogens is 560 g/mol. The number of ether oxygens (including phenoxy) is 3. The van der Waals surface area contributed by atoms with E-state index in [1.807, 2.05) is 72.8 Å². The highest BCUT2D eigenvalue weighted by molar-refractivity contribution is 7.07. The molecule has 43 heavy (non-hydrogen) atoms. The number of fused-ring (bicyclic) bond motifs is 2. The summed E-state index contributed by atoms with van der Waals surface area (Å²) in [5.74, 6) is 0.688. The van der Waals surface area contributed by atoms with Crippen LogP contribution in [0.15, 0.2) is 112 Å². The second kappa shape index (κ2) is 12.1. The number of carbonyl (C=O) groups excluding carboxylic acids is 1. The van der Waals surface area contributed by atoms with Crippen LogP contribution in [0.25, 0.3) is 16.8 Å². The summed E-state index contributed by atoms with van der Waals surface area (Å²) in [6, 6.07) is 28.8. The molecule has 0 fully saturated rings. The molecule has 216 valence electrons. The van der Waals surface area contributed by atoms with Gasteiger partial charge in [-0.2, -0.15) is 0 Å². The SMILES string of the molecule is CCOC(=O)C1=C(C)N=c2s/c(=C\c3ccc(OCc4cccc5ccccc45)c(OC)c3)c(=O)n2C1c1ccccc1. The van der Waals surface area contributed by atoms with Crippen LogP contribution in [0.2, 0.25) is 0 Å². The van der Waals surface area contributed by atoms with E-state index in [-0.39, 0.29) is 12.2 Å². The summed E-state index contributed by atoms with van der Waals surface area (Å²) >= 11 is 1.28. The minimum absolute atomic E-state index is 0.227. The third-order valence-corrected chi connectivity index (χ3v) is 8.36. The highest BCUT2D eigenvalue weighted by atomic mass is 32.1. The average molecular weight is 591 g/mol. The first-order chi connectivity index (χ1) is 21.0. The van der Waals surface area contributed by atoms with Crippen molar-refractivity contribution in [2.75, 3.05) is 13.7 Å². The molecule has 8 heteroatoms. The van der Waals surface area contributed by atoms with Gasteiger partial charge < -0.3 is 14.2 Å². The van der Waals surface area contributed by atoms with E-state index in [1.165, 1.54) is 11.3 Å². The summed E-state index contributed by atoms with van der Waals surface area (Å²) < 4.78 is 19.3. The van der Waals surface area contributed by atoms with Gasteiger partial charge in [-0.1, -0.05) is 90.2 Å². The number of allylic oxidation sites excluding steroid dienone is 1. The molecule has 0 radical (unpaired) electrons. The molecule has 0 saturated heterocycles. The van der Waals surface area contributed by atoms with E-state index in [0.717, 1.165) is 27.5 Å². The lowest BCUT2D eigenvalue weighted by Gasteiger charge is -2.24. The first-order valence-corrected chi connectivity index (χ1v) is 14.8. The third-order valence-electron chi connectivity index (χ3n) is 7.38. The molecule has 7 nitrogen and oxygen atoms in total. The van der Waals surface area contributed by atoms with Crippen LogP contribution in [0.5, 0.6) is 11.5 Å². The van der Waals surface area contributed by atoms with Crippen LogP contribution in [0, 0.1) is 0 Å². The van der Waals surface area contributed by atoms with E-state index >= 15 is 0 Å². The molecule has 1 aromatic heterocycles. The Bertz CT molecular complexity index is 2040. The van der Waals surface area contributed by atoms with E-state index in [2.05, 4.69) is 29.3 Å². The lowest BCUT2D eigenvalue weighted by atomic mass is 9.96. The van der Waals surface area contributed by atoms with Gasteiger partial charge in [-0.15, -0.1) is 0 Å². The topological polar surface area (TPSA) is 79.1 Å². The number of benzene rings is 4. The fraction of sp³-hybridized carbons (Fsp3) is 0.171. The van der Waals surface area contributed by atoms with Crippen molar-refractivity contribution in [2.24, 2.45) is 4.99 Å². The number of carbonyl (C=O) groups is 1. The third kappa shape index (κ3) is 5.49. The minimum Gasteiger partial charge on any atom is -0.493 e. The summed E-state index contributed by atoms with van der Waals surface area (Å²) in [5.41, 5.74) is 3.33. The Balaban J connectivity index is 1.36. The lowest BCUT2D eigenvalue weighted by Crippen LogP contribution is -2.39. The number of hydrogen-bond acceptors (Lipinski definition) is 7. The van der Waals surface area contributed by atoms with E-state index in [1.54, 1.807) is 25.5 Å². The fourth-order valence-corrected chi connectivity index (χ4v) is 6.41. The first kappa shape index (κ1) is 28.2. The van der Waals surface area contributed by atoms with Gasteiger partial charge >= 0.3 is 5.97 Å². The number of hydrogen-bond donors (Lipinski definition) is 0. The van der Waals surface area contributed by atoms with Gasteiger partial charge in [-0.25, -0.2) is 9.79 Å². The average Bonchev–Trinajstić information content (AvgIpc) is 3.33. The van der Waals surface area contributed by atoms with Gasteiger partial charge in [-0.05, 0) is 59.5 Å². The standard InChI is InChI=1S/C35H30N2O5S/c1-4-41-34(39)31-22(2)36-35-37(32(31)25-12-6-5-7-13-25)33(38)30(43-35)20-23-17-18-28(29(19-23)40-3)42-21-26-15-10-14-24-11-8-9-16-27(24)26/h5-20,32H,4,21H2,1-3H3/b30-20-. The van der Waals surface area contributed by atoms with Crippen LogP contribution < -0.4 is 24.4 Å². The Kier molecular flexibility index (Phi) is 7.94. The minimum atomic E-state index is -0.641. The van der Waals surface area contributed by atoms with Crippen molar-refractivity contribution >= 4 is 34.2 Å². The van der Waals surface area contributed by atoms with Gasteiger partial charge in [0.1, 0.15) is 6.61 Å². The molecule has 4 aromatic carbocycles. The quantitative estimate of drug-likeness (QED) is 0.222. The Morgan fingerprint density at radius 1 is 0.977 bits per heavy atom. The van der Waals surface area contributed by atoms with Crippen molar-refractivity contribution in [2.45, 2.75) is 26.5 Å². The molecule has 0 aliphatic carbocycles. The van der Waals surface area contributed by atoms with Crippen LogP contribution in [0.4, 0.5) is 0 Å². The predicted molar refractivity (Wildman–Crippen MR) is 168 cm³/mol. The summed E-state index contributed by atoms with van der Waals surface area (Å²) in [4.78, 5) is 32.1. The highest BCUT2D eigenvalue weighted by Crippen LogP contribution is 2.32. The Hall–Kier alpha value is -4.95. The van der Waals surface area contributed by atoms with Crippen molar-refractivity contribution in [3.05, 3.63) is 139 Å². The molecule has 6 rings (SSSR count). The van der Waals surface area contributed by atoms with Gasteiger partial charge in [0, 0.05) is 0 Å². The van der Waals surface area contributed by atoms with E-state index in [9.17, 15) is 9.59 Å². The van der Waals surface area contributed by atoms with Gasteiger partial charge in [0.15, 0.2) is 16.3 Å². The number of esters is 1. The zero-order valence-electron chi connectivity index (χ0n) is 24.1. The van der Waals surface area contributed by atoms with Crippen molar-refractivity contribution in [1.82, 2.24) is 4.57 Å². The monoisotopic (exact) mass is 590 g/mol. The zero-order valence-corrected chi connectivity index (χ0v) is 24.9. The molecule has 1 atom stereocenters. The van der Waals surface area contributed by atoms with E-state index in [4.69, 9.17) is 14.2 Å². The number of rotatable bonds is 8. The second-order valence-corrected chi connectivity index (χ2v) is 11.1. The first-order valence-electron chi connectivity index (χ1n) is 14.0. The van der Waals surface area contributed by atoms with E-state index in [0.29, 0.717) is 38.7 Å². The molecule has 1 aliphatic rings. The molecular formula is C35H30N2O5S. The van der Waals surface area contributed by atoms with Gasteiger partial charge in [-0.3, -0.25) is 9.36 Å². The summed E-state index contributed by atoms with van der Waals surface area (Å²) in [6.45, 7) is 4.15. The maximum Gasteiger partial charge on any atom is 0.338 e. The molecule has 1 aliphatic heterocycles. The molecule has 0 N–H and O–H groups in total. The van der Waals surface area contributed by atoms with Crippen molar-refractivity contribution in [1.29, 1.82) is 0 Å². The predicted octanol–water partition coefficient (Wildman–Crippen LogP) is 5.54. The molecule has 0 bridgehead atoms. The maximum atomic E-state index is 13.9. The van der Waals surface area contributed by atoms with Crippen molar-refractivity contribution in [3.8, 4) is 11.5 Å². The molecule has 5 aromatic rings. The summed E-state index contributed by atoms with van der Waals surface area (Å²) in [7, 11) is 1.59. The molecule has 1 unspecified atom stereocenters. The normalized spacial score (nSPS) is 14.8. The molecule has 2 heterocycles. The summed E-state index contributed by atoms with van der Waals surface area (Å²) in [6.07, 6.45) is 1.81. The number of thiazole rings is 1. The van der Waals surface area contributed by atoms with E-state index < -0.39 is 12.0 Å². The molecule has 0 spiro atoms. The van der Waals surface area contributed by atoms with Crippen molar-refractivity contribution < 1.29 is 19.0 Å². The molecule has 0 saturated carbocycles. The van der Waals surface area contributed by atoms with Gasteiger partial charge in [0.05, 0.1) is 35.6 Å². The second-order valence-electron chi connectivity index (χ2n) is 10.1.